The van der Waals surface area contributed by atoms with Crippen molar-refractivity contribution >= 4 is 16.9 Å². The fraction of sp³-hybridized carbons (Fsp3) is 0.400. The average molecular weight is 261 g/mol. The number of ether oxygens (including phenoxy) is 1. The number of furan rings is 1. The summed E-state index contributed by atoms with van der Waals surface area (Å²) in [6.45, 7) is 5.16. The van der Waals surface area contributed by atoms with Gasteiger partial charge in [0, 0.05) is 31.2 Å². The minimum atomic E-state index is -0.164. The Morgan fingerprint density at radius 1 is 1.37 bits per heavy atom. The Labute approximate surface area is 112 Å². The molecular weight excluding hydrogens is 242 g/mol. The third-order valence-electron chi connectivity index (χ3n) is 3.11. The molecule has 1 heterocycles. The van der Waals surface area contributed by atoms with Gasteiger partial charge in [0.05, 0.1) is 0 Å². The van der Waals surface area contributed by atoms with Gasteiger partial charge in [-0.3, -0.25) is 4.79 Å². The van der Waals surface area contributed by atoms with E-state index in [1.807, 2.05) is 32.0 Å². The second kappa shape index (κ2) is 5.89. The molecule has 0 saturated carbocycles. The Morgan fingerprint density at radius 3 is 2.89 bits per heavy atom. The van der Waals surface area contributed by atoms with Crippen LogP contribution in [0.3, 0.4) is 0 Å². The van der Waals surface area contributed by atoms with Crippen LogP contribution in [-0.2, 0) is 4.74 Å². The molecule has 4 heteroatoms. The molecule has 0 fully saturated rings. The predicted octanol–water partition coefficient (Wildman–Crippen LogP) is 2.82. The van der Waals surface area contributed by atoms with E-state index >= 15 is 0 Å². The van der Waals surface area contributed by atoms with Gasteiger partial charge in [0.2, 0.25) is 0 Å². The van der Waals surface area contributed by atoms with Crippen LogP contribution in [0.15, 0.2) is 22.6 Å². The van der Waals surface area contributed by atoms with Crippen LogP contribution in [0.5, 0.6) is 0 Å². The average Bonchev–Trinajstić information content (AvgIpc) is 2.72. The topological polar surface area (TPSA) is 51.5 Å². The highest BCUT2D eigenvalue weighted by atomic mass is 16.5. The van der Waals surface area contributed by atoms with E-state index in [9.17, 15) is 4.79 Å². The second-order valence-electron chi connectivity index (χ2n) is 4.66. The molecule has 0 aliphatic rings. The molecule has 0 atom stereocenters. The number of carbonyl (C=O) groups excluding carboxylic acids is 1. The normalized spacial score (nSPS) is 10.9. The maximum absolute atomic E-state index is 12.0. The highest BCUT2D eigenvalue weighted by molar-refractivity contribution is 5.99. The minimum absolute atomic E-state index is 0.164. The predicted molar refractivity (Wildman–Crippen MR) is 74.5 cm³/mol. The van der Waals surface area contributed by atoms with Gasteiger partial charge in [0.25, 0.3) is 5.91 Å². The number of amides is 1. The first-order valence-electron chi connectivity index (χ1n) is 6.40. The minimum Gasteiger partial charge on any atom is -0.451 e. The van der Waals surface area contributed by atoms with E-state index in [0.717, 1.165) is 28.5 Å². The number of aryl methyl sites for hydroxylation is 2. The molecule has 2 aromatic rings. The molecular formula is C15H19NO3. The largest absolute Gasteiger partial charge is 0.451 e. The van der Waals surface area contributed by atoms with Crippen LogP contribution in [-0.4, -0.2) is 26.2 Å². The van der Waals surface area contributed by atoms with E-state index in [1.54, 1.807) is 7.11 Å². The van der Waals surface area contributed by atoms with Gasteiger partial charge in [-0.2, -0.15) is 0 Å². The standard InChI is InChI=1S/C15H19NO3/c1-10-5-6-13-12(9-10)11(2)14(19-13)15(17)16-7-4-8-18-3/h5-6,9H,4,7-8H2,1-3H3,(H,16,17). The molecule has 1 amide bonds. The quantitative estimate of drug-likeness (QED) is 0.842. The van der Waals surface area contributed by atoms with Crippen LogP contribution in [0.2, 0.25) is 0 Å². The maximum atomic E-state index is 12.0. The lowest BCUT2D eigenvalue weighted by Crippen LogP contribution is -2.25. The fourth-order valence-corrected chi connectivity index (χ4v) is 2.05. The van der Waals surface area contributed by atoms with Gasteiger partial charge >= 0.3 is 0 Å². The Bertz CT molecular complexity index is 586. The fourth-order valence-electron chi connectivity index (χ4n) is 2.05. The SMILES string of the molecule is COCCCNC(=O)c1oc2ccc(C)cc2c1C. The van der Waals surface area contributed by atoms with Gasteiger partial charge in [-0.25, -0.2) is 0 Å². The van der Waals surface area contributed by atoms with E-state index in [1.165, 1.54) is 0 Å². The van der Waals surface area contributed by atoms with Crippen molar-refractivity contribution in [1.29, 1.82) is 0 Å². The Kier molecular flexibility index (Phi) is 4.22. The van der Waals surface area contributed by atoms with Gasteiger partial charge in [-0.05, 0) is 32.4 Å². The van der Waals surface area contributed by atoms with Crippen molar-refractivity contribution < 1.29 is 13.9 Å². The molecule has 2 rings (SSSR count). The van der Waals surface area contributed by atoms with Crippen LogP contribution in [0.1, 0.15) is 28.1 Å². The number of fused-ring (bicyclic) bond motifs is 1. The highest BCUT2D eigenvalue weighted by Gasteiger charge is 2.16. The number of hydrogen-bond acceptors (Lipinski definition) is 3. The summed E-state index contributed by atoms with van der Waals surface area (Å²) in [6, 6.07) is 5.92. The first kappa shape index (κ1) is 13.6. The number of benzene rings is 1. The summed E-state index contributed by atoms with van der Waals surface area (Å²) in [5.74, 6) is 0.237. The molecule has 0 saturated heterocycles. The van der Waals surface area contributed by atoms with Crippen LogP contribution < -0.4 is 5.32 Å². The summed E-state index contributed by atoms with van der Waals surface area (Å²) in [5, 5.41) is 3.84. The molecule has 0 aliphatic heterocycles. The summed E-state index contributed by atoms with van der Waals surface area (Å²) in [7, 11) is 1.65. The number of methoxy groups -OCH3 is 1. The van der Waals surface area contributed by atoms with E-state index in [-0.39, 0.29) is 5.91 Å². The molecule has 1 aromatic carbocycles. The van der Waals surface area contributed by atoms with E-state index < -0.39 is 0 Å². The van der Waals surface area contributed by atoms with Crippen LogP contribution in [0, 0.1) is 13.8 Å². The summed E-state index contributed by atoms with van der Waals surface area (Å²) >= 11 is 0. The summed E-state index contributed by atoms with van der Waals surface area (Å²) < 4.78 is 10.6. The summed E-state index contributed by atoms with van der Waals surface area (Å²) in [4.78, 5) is 12.0. The molecule has 0 bridgehead atoms. The van der Waals surface area contributed by atoms with Gasteiger partial charge in [-0.1, -0.05) is 11.6 Å². The molecule has 0 aliphatic carbocycles. The van der Waals surface area contributed by atoms with Crippen molar-refractivity contribution in [3.05, 3.63) is 35.1 Å². The third-order valence-corrected chi connectivity index (χ3v) is 3.11. The smallest absolute Gasteiger partial charge is 0.287 e. The van der Waals surface area contributed by atoms with Crippen molar-refractivity contribution in [2.75, 3.05) is 20.3 Å². The third kappa shape index (κ3) is 2.96. The molecule has 0 unspecified atom stereocenters. The highest BCUT2D eigenvalue weighted by Crippen LogP contribution is 2.26. The first-order chi connectivity index (χ1) is 9.13. The van der Waals surface area contributed by atoms with Crippen LogP contribution >= 0.6 is 0 Å². The molecule has 19 heavy (non-hydrogen) atoms. The molecule has 4 nitrogen and oxygen atoms in total. The van der Waals surface area contributed by atoms with Crippen molar-refractivity contribution in [2.45, 2.75) is 20.3 Å². The van der Waals surface area contributed by atoms with Gasteiger partial charge in [0.15, 0.2) is 5.76 Å². The summed E-state index contributed by atoms with van der Waals surface area (Å²) in [6.07, 6.45) is 0.792. The molecule has 1 aromatic heterocycles. The van der Waals surface area contributed by atoms with Crippen molar-refractivity contribution in [1.82, 2.24) is 5.32 Å². The first-order valence-corrected chi connectivity index (χ1v) is 6.40. The molecule has 0 spiro atoms. The van der Waals surface area contributed by atoms with Crippen molar-refractivity contribution in [2.24, 2.45) is 0 Å². The van der Waals surface area contributed by atoms with Crippen LogP contribution in [0.4, 0.5) is 0 Å². The van der Waals surface area contributed by atoms with Crippen molar-refractivity contribution in [3.8, 4) is 0 Å². The Morgan fingerprint density at radius 2 is 2.16 bits per heavy atom. The van der Waals surface area contributed by atoms with Gasteiger partial charge < -0.3 is 14.5 Å². The van der Waals surface area contributed by atoms with E-state index in [4.69, 9.17) is 9.15 Å². The zero-order chi connectivity index (χ0) is 13.8. The zero-order valence-electron chi connectivity index (χ0n) is 11.6. The lowest BCUT2D eigenvalue weighted by molar-refractivity contribution is 0.0922. The molecule has 0 radical (unpaired) electrons. The van der Waals surface area contributed by atoms with Gasteiger partial charge in [-0.15, -0.1) is 0 Å². The zero-order valence-corrected chi connectivity index (χ0v) is 11.6. The Balaban J connectivity index is 2.16. The monoisotopic (exact) mass is 261 g/mol. The van der Waals surface area contributed by atoms with Crippen LogP contribution in [0.25, 0.3) is 11.0 Å². The Hall–Kier alpha value is -1.81. The maximum Gasteiger partial charge on any atom is 0.287 e. The number of rotatable bonds is 5. The number of nitrogens with one attached hydrogen (secondary N) is 1. The van der Waals surface area contributed by atoms with E-state index in [0.29, 0.717) is 18.9 Å². The molecule has 1 N–H and O–H groups in total. The van der Waals surface area contributed by atoms with Gasteiger partial charge in [0.1, 0.15) is 5.58 Å². The van der Waals surface area contributed by atoms with Crippen molar-refractivity contribution in [3.63, 3.8) is 0 Å². The second-order valence-corrected chi connectivity index (χ2v) is 4.66. The lowest BCUT2D eigenvalue weighted by Gasteiger charge is -2.02. The van der Waals surface area contributed by atoms with E-state index in [2.05, 4.69) is 5.32 Å². The lowest BCUT2D eigenvalue weighted by atomic mass is 10.1. The number of hydrogen-bond donors (Lipinski definition) is 1. The summed E-state index contributed by atoms with van der Waals surface area (Å²) in [5.41, 5.74) is 2.80. The molecule has 102 valence electrons. The number of carbonyl (C=O) groups is 1.